The minimum atomic E-state index is -3.39. The minimum absolute atomic E-state index is 0.00743. The lowest BCUT2D eigenvalue weighted by Gasteiger charge is -2.31. The highest BCUT2D eigenvalue weighted by Gasteiger charge is 2.31. The second-order valence-electron chi connectivity index (χ2n) is 9.02. The van der Waals surface area contributed by atoms with Crippen molar-refractivity contribution in [2.24, 2.45) is 5.92 Å². The quantitative estimate of drug-likeness (QED) is 0.599. The number of hydrogen-bond acceptors (Lipinski definition) is 3. The van der Waals surface area contributed by atoms with Crippen LogP contribution in [0.15, 0.2) is 46.9 Å². The molecule has 0 unspecified atom stereocenters. The van der Waals surface area contributed by atoms with E-state index in [4.69, 9.17) is 0 Å². The number of benzene rings is 2. The third-order valence-electron chi connectivity index (χ3n) is 6.71. The fourth-order valence-corrected chi connectivity index (χ4v) is 6.54. The number of piperidine rings is 1. The molecule has 1 amide bonds. The van der Waals surface area contributed by atoms with Gasteiger partial charge in [-0.2, -0.15) is 0 Å². The number of carbonyl (C=O) groups is 1. The SMILES string of the molecule is C[C@H](NC(=O)C1CCN(S(=O)(=O)Cc2ccc(Br)cc2)CC1)c1ccc2c(c1)CCCC2. The Kier molecular flexibility index (Phi) is 7.37. The van der Waals surface area contributed by atoms with Crippen molar-refractivity contribution in [3.8, 4) is 0 Å². The van der Waals surface area contributed by atoms with E-state index in [0.717, 1.165) is 28.4 Å². The number of nitrogens with zero attached hydrogens (tertiary/aromatic N) is 1. The van der Waals surface area contributed by atoms with Crippen molar-refractivity contribution < 1.29 is 13.2 Å². The largest absolute Gasteiger partial charge is 0.349 e. The number of aryl methyl sites for hydroxylation is 2. The lowest BCUT2D eigenvalue weighted by atomic mass is 9.89. The summed E-state index contributed by atoms with van der Waals surface area (Å²) in [6.45, 7) is 2.81. The van der Waals surface area contributed by atoms with Crippen molar-refractivity contribution >= 4 is 31.9 Å². The van der Waals surface area contributed by atoms with Gasteiger partial charge in [-0.25, -0.2) is 12.7 Å². The second kappa shape index (κ2) is 10.1. The number of sulfonamides is 1. The van der Waals surface area contributed by atoms with Gasteiger partial charge in [0.2, 0.25) is 15.9 Å². The molecule has 172 valence electrons. The van der Waals surface area contributed by atoms with Gasteiger partial charge in [0.1, 0.15) is 0 Å². The summed E-state index contributed by atoms with van der Waals surface area (Å²) in [7, 11) is -3.39. The number of carbonyl (C=O) groups excluding carboxylic acids is 1. The van der Waals surface area contributed by atoms with Gasteiger partial charge in [-0.1, -0.05) is 46.3 Å². The molecule has 2 aliphatic rings. The Hall–Kier alpha value is -1.70. The van der Waals surface area contributed by atoms with E-state index in [1.54, 1.807) is 0 Å². The molecule has 1 N–H and O–H groups in total. The molecule has 1 atom stereocenters. The third kappa shape index (κ3) is 5.61. The van der Waals surface area contributed by atoms with Crippen LogP contribution < -0.4 is 5.32 Å². The smallest absolute Gasteiger partial charge is 0.223 e. The molecule has 4 rings (SSSR count). The maximum absolute atomic E-state index is 12.9. The summed E-state index contributed by atoms with van der Waals surface area (Å²) in [6, 6.07) is 13.9. The van der Waals surface area contributed by atoms with Gasteiger partial charge < -0.3 is 5.32 Å². The van der Waals surface area contributed by atoms with Crippen LogP contribution in [0.25, 0.3) is 0 Å². The molecular weight excluding hydrogens is 488 g/mol. The molecule has 0 radical (unpaired) electrons. The van der Waals surface area contributed by atoms with E-state index in [0.29, 0.717) is 25.9 Å². The maximum Gasteiger partial charge on any atom is 0.223 e. The van der Waals surface area contributed by atoms with Crippen molar-refractivity contribution in [3.05, 3.63) is 69.2 Å². The lowest BCUT2D eigenvalue weighted by Crippen LogP contribution is -2.43. The molecule has 0 aromatic heterocycles. The van der Waals surface area contributed by atoms with Crippen molar-refractivity contribution in [3.63, 3.8) is 0 Å². The summed E-state index contributed by atoms with van der Waals surface area (Å²) in [4.78, 5) is 12.9. The molecule has 1 fully saturated rings. The molecule has 0 bridgehead atoms. The molecule has 1 heterocycles. The van der Waals surface area contributed by atoms with Crippen LogP contribution in [0.1, 0.15) is 60.9 Å². The summed E-state index contributed by atoms with van der Waals surface area (Å²) in [5, 5.41) is 3.16. The molecule has 0 saturated carbocycles. The van der Waals surface area contributed by atoms with Gasteiger partial charge in [0.15, 0.2) is 0 Å². The molecule has 2 aromatic carbocycles. The summed E-state index contributed by atoms with van der Waals surface area (Å²) in [5.41, 5.74) is 4.77. The Morgan fingerprint density at radius 2 is 1.72 bits per heavy atom. The predicted molar refractivity (Wildman–Crippen MR) is 131 cm³/mol. The third-order valence-corrected chi connectivity index (χ3v) is 9.09. The first kappa shape index (κ1) is 23.5. The van der Waals surface area contributed by atoms with E-state index in [2.05, 4.69) is 39.4 Å². The predicted octanol–water partition coefficient (Wildman–Crippen LogP) is 4.75. The molecular formula is C25H31BrN2O3S. The Bertz CT molecular complexity index is 1060. The van der Waals surface area contributed by atoms with Gasteiger partial charge in [0.25, 0.3) is 0 Å². The number of amides is 1. The zero-order valence-electron chi connectivity index (χ0n) is 18.5. The van der Waals surface area contributed by atoms with Gasteiger partial charge in [0, 0.05) is 23.5 Å². The van der Waals surface area contributed by atoms with Crippen molar-refractivity contribution in [1.29, 1.82) is 0 Å². The van der Waals surface area contributed by atoms with Gasteiger partial charge in [-0.05, 0) is 79.8 Å². The first-order valence-corrected chi connectivity index (χ1v) is 13.9. The topological polar surface area (TPSA) is 66.5 Å². The average Bonchev–Trinajstić information content (AvgIpc) is 2.80. The zero-order valence-corrected chi connectivity index (χ0v) is 20.9. The number of fused-ring (bicyclic) bond motifs is 1. The average molecular weight is 520 g/mol. The first-order valence-electron chi connectivity index (χ1n) is 11.5. The molecule has 7 heteroatoms. The number of halogens is 1. The Morgan fingerprint density at radius 1 is 1.06 bits per heavy atom. The highest BCUT2D eigenvalue weighted by Crippen LogP contribution is 2.26. The number of rotatable bonds is 6. The van der Waals surface area contributed by atoms with Crippen molar-refractivity contribution in [1.82, 2.24) is 9.62 Å². The van der Waals surface area contributed by atoms with E-state index < -0.39 is 10.0 Å². The molecule has 2 aromatic rings. The molecule has 1 aliphatic carbocycles. The highest BCUT2D eigenvalue weighted by atomic mass is 79.9. The second-order valence-corrected chi connectivity index (χ2v) is 11.9. The maximum atomic E-state index is 12.9. The van der Waals surface area contributed by atoms with E-state index in [-0.39, 0.29) is 23.6 Å². The van der Waals surface area contributed by atoms with E-state index in [1.807, 2.05) is 31.2 Å². The fourth-order valence-electron chi connectivity index (χ4n) is 4.72. The molecule has 5 nitrogen and oxygen atoms in total. The van der Waals surface area contributed by atoms with Crippen molar-refractivity contribution in [2.45, 2.75) is 57.2 Å². The van der Waals surface area contributed by atoms with E-state index in [9.17, 15) is 13.2 Å². The number of hydrogen-bond donors (Lipinski definition) is 1. The van der Waals surface area contributed by atoms with Gasteiger partial charge >= 0.3 is 0 Å². The zero-order chi connectivity index (χ0) is 22.7. The van der Waals surface area contributed by atoms with Crippen LogP contribution in [0.5, 0.6) is 0 Å². The standard InChI is InChI=1S/C25H31BrN2O3S/c1-18(22-9-8-20-4-2-3-5-23(20)16-22)27-25(29)21-12-14-28(15-13-21)32(30,31)17-19-6-10-24(26)11-7-19/h6-11,16,18,21H,2-5,12-15,17H2,1H3,(H,27,29)/t18-/m0/s1. The molecule has 32 heavy (non-hydrogen) atoms. The van der Waals surface area contributed by atoms with Crippen LogP contribution in [0.3, 0.4) is 0 Å². The fraction of sp³-hybridized carbons (Fsp3) is 0.480. The minimum Gasteiger partial charge on any atom is -0.349 e. The van der Waals surface area contributed by atoms with Gasteiger partial charge in [-0.15, -0.1) is 0 Å². The Morgan fingerprint density at radius 3 is 2.41 bits per heavy atom. The van der Waals surface area contributed by atoms with Gasteiger partial charge in [-0.3, -0.25) is 4.79 Å². The Labute approximate surface area is 199 Å². The van der Waals surface area contributed by atoms with Crippen LogP contribution in [0.4, 0.5) is 0 Å². The summed E-state index contributed by atoms with van der Waals surface area (Å²) in [5.74, 6) is -0.124. The van der Waals surface area contributed by atoms with Crippen LogP contribution in [0.2, 0.25) is 0 Å². The molecule has 1 aliphatic heterocycles. The van der Waals surface area contributed by atoms with Crippen LogP contribution in [-0.2, 0) is 33.4 Å². The molecule has 0 spiro atoms. The number of nitrogens with one attached hydrogen (secondary N) is 1. The molecule has 1 saturated heterocycles. The highest BCUT2D eigenvalue weighted by molar-refractivity contribution is 9.10. The summed E-state index contributed by atoms with van der Waals surface area (Å²) >= 11 is 3.37. The van der Waals surface area contributed by atoms with E-state index >= 15 is 0 Å². The summed E-state index contributed by atoms with van der Waals surface area (Å²) in [6.07, 6.45) is 5.89. The lowest BCUT2D eigenvalue weighted by molar-refractivity contribution is -0.126. The summed E-state index contributed by atoms with van der Waals surface area (Å²) < 4.78 is 28.1. The van der Waals surface area contributed by atoms with Crippen LogP contribution in [-0.4, -0.2) is 31.7 Å². The van der Waals surface area contributed by atoms with Crippen molar-refractivity contribution in [2.75, 3.05) is 13.1 Å². The van der Waals surface area contributed by atoms with Gasteiger partial charge in [0.05, 0.1) is 11.8 Å². The van der Waals surface area contributed by atoms with Crippen LogP contribution in [0, 0.1) is 5.92 Å². The van der Waals surface area contributed by atoms with Crippen LogP contribution >= 0.6 is 15.9 Å². The van der Waals surface area contributed by atoms with E-state index in [1.165, 1.54) is 28.3 Å². The monoisotopic (exact) mass is 518 g/mol. The first-order chi connectivity index (χ1) is 15.3. The Balaban J connectivity index is 1.30. The normalized spacial score (nSPS) is 18.7.